The monoisotopic (exact) mass is 399 g/mol. The Labute approximate surface area is 168 Å². The van der Waals surface area contributed by atoms with Crippen LogP contribution in [0.4, 0.5) is 0 Å². The fraction of sp³-hybridized carbons (Fsp3) is 0.333. The Morgan fingerprint density at radius 2 is 2.22 bits per heavy atom. The van der Waals surface area contributed by atoms with E-state index in [1.54, 1.807) is 0 Å². The molecule has 1 aromatic carbocycles. The van der Waals surface area contributed by atoms with Crippen molar-refractivity contribution in [3.05, 3.63) is 63.4 Å². The summed E-state index contributed by atoms with van der Waals surface area (Å²) in [7, 11) is 0. The molecule has 1 amide bonds. The van der Waals surface area contributed by atoms with E-state index in [0.29, 0.717) is 5.92 Å². The van der Waals surface area contributed by atoms with Crippen molar-refractivity contribution in [1.29, 1.82) is 0 Å². The number of rotatable bonds is 5. The Bertz CT molecular complexity index is 928. The zero-order valence-corrected chi connectivity index (χ0v) is 16.6. The van der Waals surface area contributed by atoms with Gasteiger partial charge in [0, 0.05) is 30.0 Å². The Balaban J connectivity index is 1.34. The molecule has 1 saturated heterocycles. The van der Waals surface area contributed by atoms with Crippen molar-refractivity contribution in [2.75, 3.05) is 19.6 Å². The van der Waals surface area contributed by atoms with Crippen LogP contribution in [0.15, 0.2) is 47.8 Å². The highest BCUT2D eigenvalue weighted by molar-refractivity contribution is 7.12. The van der Waals surface area contributed by atoms with E-state index in [2.05, 4.69) is 22.3 Å². The quantitative estimate of drug-likeness (QED) is 0.682. The van der Waals surface area contributed by atoms with E-state index in [9.17, 15) is 4.79 Å². The smallest absolute Gasteiger partial charge is 0.261 e. The molecule has 1 aliphatic heterocycles. The Kier molecular flexibility index (Phi) is 5.72. The van der Waals surface area contributed by atoms with E-state index in [4.69, 9.17) is 16.6 Å². The zero-order valence-electron chi connectivity index (χ0n) is 15.0. The van der Waals surface area contributed by atoms with Crippen LogP contribution in [-0.4, -0.2) is 35.4 Å². The normalized spacial score (nSPS) is 17.9. The largest absolute Gasteiger partial charge is 0.351 e. The van der Waals surface area contributed by atoms with Crippen molar-refractivity contribution in [2.24, 2.45) is 5.92 Å². The van der Waals surface area contributed by atoms with Crippen molar-refractivity contribution in [3.8, 4) is 0 Å². The summed E-state index contributed by atoms with van der Waals surface area (Å²) in [6.07, 6.45) is 2.31. The number of hydrogen-bond acceptors (Lipinski definition) is 4. The minimum Gasteiger partial charge on any atom is -0.351 e. The first kappa shape index (κ1) is 18.4. The van der Waals surface area contributed by atoms with E-state index in [1.807, 2.05) is 35.7 Å². The van der Waals surface area contributed by atoms with Crippen LogP contribution >= 0.6 is 22.9 Å². The first-order chi connectivity index (χ1) is 13.2. The number of nitrogens with zero attached hydrogens (tertiary/aromatic N) is 2. The summed E-state index contributed by atoms with van der Waals surface area (Å²) in [6, 6.07) is 13.8. The highest BCUT2D eigenvalue weighted by Crippen LogP contribution is 2.21. The van der Waals surface area contributed by atoms with E-state index >= 15 is 0 Å². The van der Waals surface area contributed by atoms with Crippen LogP contribution in [0.25, 0.3) is 10.9 Å². The summed E-state index contributed by atoms with van der Waals surface area (Å²) < 4.78 is 0. The molecule has 1 fully saturated rings. The van der Waals surface area contributed by atoms with E-state index in [1.165, 1.54) is 11.3 Å². The third kappa shape index (κ3) is 4.67. The summed E-state index contributed by atoms with van der Waals surface area (Å²) in [5, 5.41) is 6.82. The highest BCUT2D eigenvalue weighted by Gasteiger charge is 2.21. The molecule has 4 nitrogen and oxygen atoms in total. The van der Waals surface area contributed by atoms with Gasteiger partial charge in [0.05, 0.1) is 16.1 Å². The molecule has 27 heavy (non-hydrogen) atoms. The molecule has 0 aliphatic carbocycles. The van der Waals surface area contributed by atoms with Crippen LogP contribution in [0.3, 0.4) is 0 Å². The minimum atomic E-state index is 0.0389. The zero-order chi connectivity index (χ0) is 18.6. The number of thiophene rings is 1. The number of benzene rings is 1. The molecule has 0 spiro atoms. The van der Waals surface area contributed by atoms with Crippen molar-refractivity contribution >= 4 is 39.7 Å². The number of fused-ring (bicyclic) bond motifs is 1. The fourth-order valence-electron chi connectivity index (χ4n) is 3.65. The van der Waals surface area contributed by atoms with Crippen molar-refractivity contribution in [3.63, 3.8) is 0 Å². The van der Waals surface area contributed by atoms with Gasteiger partial charge < -0.3 is 5.32 Å². The van der Waals surface area contributed by atoms with Crippen LogP contribution in [0.1, 0.15) is 28.2 Å². The number of likely N-dealkylation sites (tertiary alicyclic amines) is 1. The SMILES string of the molecule is O=C(NC[C@@H]1CCCN(Cc2ccc3cc(Cl)ccc3n2)C1)c1cccs1. The fourth-order valence-corrected chi connectivity index (χ4v) is 4.47. The van der Waals surface area contributed by atoms with Gasteiger partial charge in [-0.15, -0.1) is 11.3 Å². The van der Waals surface area contributed by atoms with E-state index < -0.39 is 0 Å². The van der Waals surface area contributed by atoms with E-state index in [0.717, 1.165) is 65.5 Å². The van der Waals surface area contributed by atoms with Gasteiger partial charge in [-0.1, -0.05) is 23.7 Å². The van der Waals surface area contributed by atoms with Gasteiger partial charge in [-0.2, -0.15) is 0 Å². The molecule has 1 aliphatic rings. The molecule has 0 saturated carbocycles. The minimum absolute atomic E-state index is 0.0389. The number of piperidine rings is 1. The highest BCUT2D eigenvalue weighted by atomic mass is 35.5. The second-order valence-electron chi connectivity index (χ2n) is 7.07. The molecular formula is C21H22ClN3OS. The second-order valence-corrected chi connectivity index (χ2v) is 8.45. The molecule has 0 radical (unpaired) electrons. The lowest BCUT2D eigenvalue weighted by molar-refractivity contribution is 0.0934. The number of nitrogens with one attached hydrogen (secondary N) is 1. The molecule has 3 aromatic rings. The number of halogens is 1. The van der Waals surface area contributed by atoms with Crippen LogP contribution in [0.5, 0.6) is 0 Å². The first-order valence-electron chi connectivity index (χ1n) is 9.26. The third-order valence-electron chi connectivity index (χ3n) is 4.99. The van der Waals surface area contributed by atoms with Crippen LogP contribution in [0, 0.1) is 5.92 Å². The Morgan fingerprint density at radius 1 is 1.30 bits per heavy atom. The summed E-state index contributed by atoms with van der Waals surface area (Å²) >= 11 is 7.53. The Morgan fingerprint density at radius 3 is 3.07 bits per heavy atom. The maximum absolute atomic E-state index is 12.1. The number of aromatic nitrogens is 1. The number of carbonyl (C=O) groups is 1. The van der Waals surface area contributed by atoms with Crippen molar-refractivity contribution in [2.45, 2.75) is 19.4 Å². The van der Waals surface area contributed by atoms with Gasteiger partial charge in [-0.05, 0) is 61.0 Å². The molecule has 4 rings (SSSR count). The molecule has 1 N–H and O–H groups in total. The number of pyridine rings is 1. The summed E-state index contributed by atoms with van der Waals surface area (Å²) in [6.45, 7) is 3.64. The molecule has 1 atom stereocenters. The lowest BCUT2D eigenvalue weighted by Crippen LogP contribution is -2.40. The molecule has 0 bridgehead atoms. The van der Waals surface area contributed by atoms with Crippen LogP contribution in [-0.2, 0) is 6.54 Å². The number of hydrogen-bond donors (Lipinski definition) is 1. The average molecular weight is 400 g/mol. The second kappa shape index (κ2) is 8.38. The van der Waals surface area contributed by atoms with E-state index in [-0.39, 0.29) is 5.91 Å². The lowest BCUT2D eigenvalue weighted by atomic mass is 9.97. The molecule has 2 aromatic heterocycles. The summed E-state index contributed by atoms with van der Waals surface area (Å²) in [4.78, 5) is 20.1. The molecule has 3 heterocycles. The van der Waals surface area contributed by atoms with Gasteiger partial charge in [-0.3, -0.25) is 14.7 Å². The Hall–Kier alpha value is -1.95. The number of amides is 1. The predicted octanol–water partition coefficient (Wildman–Crippen LogP) is 4.59. The van der Waals surface area contributed by atoms with Gasteiger partial charge in [-0.25, -0.2) is 0 Å². The molecule has 140 valence electrons. The lowest BCUT2D eigenvalue weighted by Gasteiger charge is -2.32. The van der Waals surface area contributed by atoms with Gasteiger partial charge in [0.15, 0.2) is 0 Å². The first-order valence-corrected chi connectivity index (χ1v) is 10.5. The number of carbonyl (C=O) groups excluding carboxylic acids is 1. The summed E-state index contributed by atoms with van der Waals surface area (Å²) in [5.74, 6) is 0.527. The van der Waals surface area contributed by atoms with Crippen molar-refractivity contribution < 1.29 is 4.79 Å². The third-order valence-corrected chi connectivity index (χ3v) is 6.10. The van der Waals surface area contributed by atoms with Gasteiger partial charge in [0.1, 0.15) is 0 Å². The topological polar surface area (TPSA) is 45.2 Å². The standard InChI is InChI=1S/C21H22ClN3OS/c22-17-6-8-19-16(11-17)5-7-18(24-19)14-25-9-1-3-15(13-25)12-23-21(26)20-4-2-10-27-20/h2,4-8,10-11,15H,1,3,9,12-14H2,(H,23,26)/t15-/m0/s1. The summed E-state index contributed by atoms with van der Waals surface area (Å²) in [5.41, 5.74) is 2.06. The molecule has 6 heteroatoms. The van der Waals surface area contributed by atoms with Gasteiger partial charge in [0.2, 0.25) is 0 Å². The van der Waals surface area contributed by atoms with Crippen LogP contribution < -0.4 is 5.32 Å². The van der Waals surface area contributed by atoms with Gasteiger partial charge in [0.25, 0.3) is 5.91 Å². The maximum Gasteiger partial charge on any atom is 0.261 e. The van der Waals surface area contributed by atoms with Crippen molar-refractivity contribution in [1.82, 2.24) is 15.2 Å². The van der Waals surface area contributed by atoms with Gasteiger partial charge >= 0.3 is 0 Å². The predicted molar refractivity (Wildman–Crippen MR) is 111 cm³/mol. The molecule has 0 unspecified atom stereocenters. The maximum atomic E-state index is 12.1. The average Bonchev–Trinajstić information content (AvgIpc) is 3.21. The molecular weight excluding hydrogens is 378 g/mol. The van der Waals surface area contributed by atoms with Crippen LogP contribution in [0.2, 0.25) is 5.02 Å².